The van der Waals surface area contributed by atoms with Crippen LogP contribution >= 0.6 is 12.2 Å². The Morgan fingerprint density at radius 1 is 1.06 bits per heavy atom. The van der Waals surface area contributed by atoms with Gasteiger partial charge in [-0.2, -0.15) is 22.7 Å². The number of amides is 1. The third-order valence-electron chi connectivity index (χ3n) is 8.07. The summed E-state index contributed by atoms with van der Waals surface area (Å²) in [4.78, 5) is 24.0. The Balaban J connectivity index is 1.54. The number of aromatic nitrogens is 1. The normalized spacial score (nSPS) is 17.1. The number of aliphatic imine (C=N–C) groups is 1. The molecule has 0 radical (unpaired) electrons. The molecule has 1 aromatic heterocycles. The number of rotatable bonds is 10. The molecule has 0 atom stereocenters. The second-order valence-corrected chi connectivity index (χ2v) is 13.3. The predicted molar refractivity (Wildman–Crippen MR) is 174 cm³/mol. The molecular formula is C33H29F3N6O3S2. The van der Waals surface area contributed by atoms with Crippen molar-refractivity contribution >= 4 is 45.8 Å². The van der Waals surface area contributed by atoms with Gasteiger partial charge in [-0.1, -0.05) is 66.7 Å². The minimum absolute atomic E-state index is 0.0611. The Hall–Kier alpha value is -4.71. The van der Waals surface area contributed by atoms with Gasteiger partial charge in [-0.05, 0) is 74.5 Å². The van der Waals surface area contributed by atoms with Crippen molar-refractivity contribution in [2.45, 2.75) is 56.0 Å². The molecule has 1 aliphatic carbocycles. The van der Waals surface area contributed by atoms with Crippen LogP contribution < -0.4 is 4.90 Å². The fraction of sp³-hybridized carbons (Fsp3) is 0.242. The third-order valence-corrected chi connectivity index (χ3v) is 10.1. The zero-order valence-corrected chi connectivity index (χ0v) is 26.8. The molecule has 2 fully saturated rings. The molecule has 1 aliphatic heterocycles. The molecule has 0 unspecified atom stereocenters. The van der Waals surface area contributed by atoms with Gasteiger partial charge in [0.1, 0.15) is 17.4 Å². The van der Waals surface area contributed by atoms with E-state index in [1.165, 1.54) is 40.4 Å². The number of pyridine rings is 1. The topological polar surface area (TPSA) is 110 Å². The van der Waals surface area contributed by atoms with E-state index in [9.17, 15) is 31.6 Å². The number of allylic oxidation sites excluding steroid dienone is 4. The number of carbonyl (C=O) groups excluding carboxylic acids is 1. The van der Waals surface area contributed by atoms with Gasteiger partial charge in [0.25, 0.3) is 15.9 Å². The second kappa shape index (κ2) is 13.2. The smallest absolute Gasteiger partial charge is 0.287 e. The van der Waals surface area contributed by atoms with E-state index < -0.39 is 38.9 Å². The first-order valence-corrected chi connectivity index (χ1v) is 16.3. The quantitative estimate of drug-likeness (QED) is 0.108. The van der Waals surface area contributed by atoms with Crippen LogP contribution in [0.25, 0.3) is 0 Å². The summed E-state index contributed by atoms with van der Waals surface area (Å²) in [7, 11) is -4.22. The molecule has 2 aromatic carbocycles. The Bertz CT molecular complexity index is 1880. The summed E-state index contributed by atoms with van der Waals surface area (Å²) in [5.74, 6) is -0.505. The van der Waals surface area contributed by atoms with Gasteiger partial charge in [0.05, 0.1) is 5.57 Å². The number of hydrogen-bond donors (Lipinski definition) is 0. The molecule has 3 aromatic rings. The van der Waals surface area contributed by atoms with Gasteiger partial charge in [-0.15, -0.1) is 0 Å². The predicted octanol–water partition coefficient (Wildman–Crippen LogP) is 6.27. The van der Waals surface area contributed by atoms with Crippen molar-refractivity contribution in [2.24, 2.45) is 4.99 Å². The van der Waals surface area contributed by atoms with E-state index in [0.717, 1.165) is 16.0 Å². The molecule has 242 valence electrons. The molecule has 0 bridgehead atoms. The number of anilines is 1. The average Bonchev–Trinajstić information content (AvgIpc) is 3.27. The molecular weight excluding hydrogens is 650 g/mol. The summed E-state index contributed by atoms with van der Waals surface area (Å²) >= 11 is 5.67. The zero-order chi connectivity index (χ0) is 34.0. The molecule has 1 saturated heterocycles. The van der Waals surface area contributed by atoms with Crippen molar-refractivity contribution in [2.75, 3.05) is 4.90 Å². The van der Waals surface area contributed by atoms with Crippen LogP contribution in [0.5, 0.6) is 0 Å². The lowest BCUT2D eigenvalue weighted by Gasteiger charge is -2.42. The highest BCUT2D eigenvalue weighted by Gasteiger charge is 2.60. The van der Waals surface area contributed by atoms with Gasteiger partial charge in [-0.3, -0.25) is 19.6 Å². The Kier molecular flexibility index (Phi) is 9.44. The van der Waals surface area contributed by atoms with E-state index in [2.05, 4.69) is 16.7 Å². The summed E-state index contributed by atoms with van der Waals surface area (Å²) in [6, 6.07) is 23.9. The molecule has 0 N–H and O–H groups in total. The summed E-state index contributed by atoms with van der Waals surface area (Å²) < 4.78 is 71.4. The lowest BCUT2D eigenvalue weighted by Crippen LogP contribution is -2.55. The van der Waals surface area contributed by atoms with E-state index >= 15 is 0 Å². The van der Waals surface area contributed by atoms with Gasteiger partial charge in [0.15, 0.2) is 15.8 Å². The molecule has 5 rings (SSSR count). The van der Waals surface area contributed by atoms with Crippen LogP contribution in [0.1, 0.15) is 37.3 Å². The lowest BCUT2D eigenvalue weighted by atomic mass is 9.75. The molecule has 47 heavy (non-hydrogen) atoms. The van der Waals surface area contributed by atoms with Crippen LogP contribution in [0, 0.1) is 11.3 Å². The van der Waals surface area contributed by atoms with Crippen LogP contribution in [0.15, 0.2) is 112 Å². The first kappa shape index (κ1) is 33.6. The van der Waals surface area contributed by atoms with Crippen molar-refractivity contribution < 1.29 is 26.4 Å². The van der Waals surface area contributed by atoms with Gasteiger partial charge < -0.3 is 0 Å². The second-order valence-electron chi connectivity index (χ2n) is 11.0. The largest absolute Gasteiger partial charge is 0.419 e. The number of alkyl halides is 3. The zero-order valence-electron chi connectivity index (χ0n) is 25.2. The van der Waals surface area contributed by atoms with E-state index in [1.54, 1.807) is 0 Å². The number of carbonyl (C=O) groups is 1. The van der Waals surface area contributed by atoms with E-state index in [-0.39, 0.29) is 34.7 Å². The lowest BCUT2D eigenvalue weighted by molar-refractivity contribution is -0.131. The average molecular weight is 679 g/mol. The molecule has 1 spiro atoms. The van der Waals surface area contributed by atoms with E-state index in [1.807, 2.05) is 60.7 Å². The third kappa shape index (κ3) is 6.47. The molecule has 1 amide bonds. The Morgan fingerprint density at radius 2 is 1.64 bits per heavy atom. The van der Waals surface area contributed by atoms with Crippen molar-refractivity contribution in [1.82, 2.24) is 14.2 Å². The van der Waals surface area contributed by atoms with E-state index in [4.69, 9.17) is 12.2 Å². The van der Waals surface area contributed by atoms with Crippen molar-refractivity contribution in [3.05, 3.63) is 113 Å². The minimum Gasteiger partial charge on any atom is -0.287 e. The number of sulfonamides is 1. The van der Waals surface area contributed by atoms with E-state index in [0.29, 0.717) is 25.3 Å². The van der Waals surface area contributed by atoms with Gasteiger partial charge in [0, 0.05) is 18.8 Å². The summed E-state index contributed by atoms with van der Waals surface area (Å²) in [5, 5.41) is 8.77. The maximum absolute atomic E-state index is 14.2. The number of thiocarbonyl (C=S) groups is 1. The highest BCUT2D eigenvalue weighted by atomic mass is 32.2. The first-order valence-electron chi connectivity index (χ1n) is 14.4. The molecule has 9 nitrogen and oxygen atoms in total. The number of hydrogen-bond acceptors (Lipinski definition) is 7. The van der Waals surface area contributed by atoms with Crippen molar-refractivity contribution in [3.63, 3.8) is 0 Å². The van der Waals surface area contributed by atoms with Crippen LogP contribution in [-0.4, -0.2) is 52.1 Å². The highest BCUT2D eigenvalue weighted by molar-refractivity contribution is 7.89. The maximum atomic E-state index is 14.2. The number of nitriles is 1. The van der Waals surface area contributed by atoms with Crippen LogP contribution in [0.4, 0.5) is 19.0 Å². The SMILES string of the molecule is C=N/C(C#N)=C(\C=C(/C)N1C(=O)C2(CCC2)N(c2cccc(S(=O)(=O)N(Cc3ccccc3)Cc3ccccc3)n2)C1=S)C(F)(F)F. The fourth-order valence-electron chi connectivity index (χ4n) is 5.59. The van der Waals surface area contributed by atoms with Crippen LogP contribution in [-0.2, 0) is 27.9 Å². The molecule has 2 aliphatic rings. The Labute approximate surface area is 276 Å². The fourth-order valence-corrected chi connectivity index (χ4v) is 7.45. The number of benzene rings is 2. The number of halogens is 3. The monoisotopic (exact) mass is 678 g/mol. The highest BCUT2D eigenvalue weighted by Crippen LogP contribution is 2.47. The molecule has 2 heterocycles. The van der Waals surface area contributed by atoms with Gasteiger partial charge in [-0.25, -0.2) is 13.4 Å². The van der Waals surface area contributed by atoms with Crippen molar-refractivity contribution in [1.29, 1.82) is 5.26 Å². The maximum Gasteiger partial charge on any atom is 0.419 e. The van der Waals surface area contributed by atoms with Gasteiger partial charge >= 0.3 is 6.18 Å². The summed E-state index contributed by atoms with van der Waals surface area (Å²) in [6.45, 7) is 4.44. The first-order chi connectivity index (χ1) is 22.3. The standard InChI is InChI=1S/C33H29F3N6O3S2/c1-23(19-26(33(34,35)36)27(20-37)38-2)41-30(43)32(17-10-18-32)42(31(41)46)28-15-9-16-29(39-28)47(44,45)40(21-24-11-5-3-6-12-24)22-25-13-7-4-8-14-25/h3-9,11-16,19H,2,10,17-18,21-22H2,1H3/b23-19+,27-26+. The Morgan fingerprint density at radius 3 is 2.11 bits per heavy atom. The minimum atomic E-state index is -4.97. The number of nitrogens with zero attached hydrogens (tertiary/aromatic N) is 6. The molecule has 14 heteroatoms. The van der Waals surface area contributed by atoms with Gasteiger partial charge in [0.2, 0.25) is 0 Å². The summed E-state index contributed by atoms with van der Waals surface area (Å²) in [6.07, 6.45) is -3.06. The molecule has 1 saturated carbocycles. The van der Waals surface area contributed by atoms with Crippen LogP contribution in [0.2, 0.25) is 0 Å². The van der Waals surface area contributed by atoms with Crippen LogP contribution in [0.3, 0.4) is 0 Å². The van der Waals surface area contributed by atoms with Crippen molar-refractivity contribution in [3.8, 4) is 6.07 Å². The summed E-state index contributed by atoms with van der Waals surface area (Å²) in [5.41, 5.74) is -2.27.